The minimum Gasteiger partial charge on any atom is -0.480 e. The molecule has 1 aromatic heterocycles. The van der Waals surface area contributed by atoms with E-state index in [0.717, 1.165) is 27.8 Å². The molecule has 3 heterocycles. The number of ether oxygens (including phenoxy) is 2. The van der Waals surface area contributed by atoms with Gasteiger partial charge in [-0.25, -0.2) is 4.79 Å². The number of esters is 1. The number of fused-ring (bicyclic) bond motifs is 1. The van der Waals surface area contributed by atoms with E-state index in [-0.39, 0.29) is 6.61 Å². The van der Waals surface area contributed by atoms with E-state index in [0.29, 0.717) is 17.7 Å². The van der Waals surface area contributed by atoms with Gasteiger partial charge in [0.1, 0.15) is 17.8 Å². The van der Waals surface area contributed by atoms with Crippen LogP contribution in [0.15, 0.2) is 47.9 Å². The zero-order chi connectivity index (χ0) is 23.8. The molecule has 2 aliphatic rings. The second kappa shape index (κ2) is 8.31. The first-order valence-electron chi connectivity index (χ1n) is 10.7. The predicted molar refractivity (Wildman–Crippen MR) is 125 cm³/mol. The van der Waals surface area contributed by atoms with Crippen molar-refractivity contribution in [3.05, 3.63) is 76.3 Å². The Bertz CT molecular complexity index is 1220. The van der Waals surface area contributed by atoms with Crippen LogP contribution in [-0.2, 0) is 14.9 Å². The van der Waals surface area contributed by atoms with Crippen molar-refractivity contribution in [2.45, 2.75) is 45.1 Å². The minimum atomic E-state index is -1.23. The summed E-state index contributed by atoms with van der Waals surface area (Å²) in [6.07, 6.45) is 12.1. The molecule has 0 aliphatic carbocycles. The van der Waals surface area contributed by atoms with Gasteiger partial charge in [-0.3, -0.25) is 14.8 Å². The molecule has 33 heavy (non-hydrogen) atoms. The zero-order valence-corrected chi connectivity index (χ0v) is 19.1. The Morgan fingerprint density at radius 3 is 2.64 bits per heavy atom. The van der Waals surface area contributed by atoms with Gasteiger partial charge < -0.3 is 14.6 Å². The first-order valence-corrected chi connectivity index (χ1v) is 10.7. The molecule has 1 aromatic carbocycles. The molecule has 0 saturated carbocycles. The molecule has 7 nitrogen and oxygen atoms in total. The Kier molecular flexibility index (Phi) is 5.66. The lowest BCUT2D eigenvalue weighted by molar-refractivity contribution is -0.140. The van der Waals surface area contributed by atoms with Crippen LogP contribution in [0.5, 0.6) is 5.75 Å². The summed E-state index contributed by atoms with van der Waals surface area (Å²) < 4.78 is 11.9. The van der Waals surface area contributed by atoms with Crippen LogP contribution >= 0.6 is 0 Å². The largest absolute Gasteiger partial charge is 0.480 e. The van der Waals surface area contributed by atoms with E-state index in [1.807, 2.05) is 39.8 Å². The van der Waals surface area contributed by atoms with Gasteiger partial charge in [0.15, 0.2) is 5.60 Å². The monoisotopic (exact) mass is 446 g/mol. The summed E-state index contributed by atoms with van der Waals surface area (Å²) in [5, 5.41) is 10.2. The first kappa shape index (κ1) is 22.5. The van der Waals surface area contributed by atoms with E-state index >= 15 is 0 Å². The summed E-state index contributed by atoms with van der Waals surface area (Å²) in [6, 6.07) is 3.32. The zero-order valence-electron chi connectivity index (χ0n) is 19.1. The standard InChI is InChI=1S/C26H26N2O5/c1-16-17(2)22-20(18(3)21(16)26(24(30)31)9-6-12-28-14-26)8-10-25(4,33-22)15-32-23(29)19-7-5-11-27-13-19/h5-8,10-14H,9,15H2,1-4H3,(H,30,31). The third kappa shape index (κ3) is 3.84. The maximum absolute atomic E-state index is 12.4. The summed E-state index contributed by atoms with van der Waals surface area (Å²) >= 11 is 0. The normalized spacial score (nSPS) is 23.0. The van der Waals surface area contributed by atoms with Crippen molar-refractivity contribution < 1.29 is 24.2 Å². The van der Waals surface area contributed by atoms with Crippen molar-refractivity contribution >= 4 is 24.2 Å². The third-order valence-electron chi connectivity index (χ3n) is 6.38. The topological polar surface area (TPSA) is 98.1 Å². The molecule has 2 atom stereocenters. The summed E-state index contributed by atoms with van der Waals surface area (Å²) in [4.78, 5) is 32.9. The lowest BCUT2D eigenvalue weighted by Gasteiger charge is -2.36. The van der Waals surface area contributed by atoms with E-state index < -0.39 is 23.0 Å². The van der Waals surface area contributed by atoms with E-state index in [2.05, 4.69) is 9.98 Å². The number of hydrogen-bond donors (Lipinski definition) is 1. The number of allylic oxidation sites excluding steroid dienone is 1. The highest BCUT2D eigenvalue weighted by molar-refractivity contribution is 6.03. The quantitative estimate of drug-likeness (QED) is 0.686. The van der Waals surface area contributed by atoms with Gasteiger partial charge in [-0.1, -0.05) is 12.2 Å². The van der Waals surface area contributed by atoms with Crippen molar-refractivity contribution in [1.82, 2.24) is 4.98 Å². The van der Waals surface area contributed by atoms with Crippen LogP contribution in [0.2, 0.25) is 0 Å². The Hall–Kier alpha value is -3.74. The molecule has 0 radical (unpaired) electrons. The van der Waals surface area contributed by atoms with Crippen LogP contribution in [0.25, 0.3) is 6.08 Å². The Morgan fingerprint density at radius 2 is 2.00 bits per heavy atom. The van der Waals surface area contributed by atoms with Gasteiger partial charge in [0, 0.05) is 30.4 Å². The van der Waals surface area contributed by atoms with Gasteiger partial charge in [-0.05, 0) is 74.6 Å². The van der Waals surface area contributed by atoms with Crippen LogP contribution in [-0.4, -0.2) is 40.5 Å². The molecule has 0 amide bonds. The molecule has 2 unspecified atom stereocenters. The van der Waals surface area contributed by atoms with Gasteiger partial charge in [-0.2, -0.15) is 0 Å². The van der Waals surface area contributed by atoms with Crippen LogP contribution in [0.4, 0.5) is 0 Å². The first-order chi connectivity index (χ1) is 15.7. The highest BCUT2D eigenvalue weighted by Gasteiger charge is 2.43. The van der Waals surface area contributed by atoms with Gasteiger partial charge in [0.2, 0.25) is 0 Å². The highest BCUT2D eigenvalue weighted by atomic mass is 16.6. The summed E-state index contributed by atoms with van der Waals surface area (Å²) in [5.74, 6) is -0.742. The Balaban J connectivity index is 1.68. The molecule has 2 aromatic rings. The number of rotatable bonds is 5. The number of hydrogen-bond acceptors (Lipinski definition) is 6. The number of pyridine rings is 1. The molecule has 0 saturated heterocycles. The van der Waals surface area contributed by atoms with Crippen LogP contribution in [0.3, 0.4) is 0 Å². The predicted octanol–water partition coefficient (Wildman–Crippen LogP) is 4.34. The Morgan fingerprint density at radius 1 is 1.21 bits per heavy atom. The number of carbonyl (C=O) groups is 2. The third-order valence-corrected chi connectivity index (χ3v) is 6.38. The van der Waals surface area contributed by atoms with Crippen LogP contribution < -0.4 is 4.74 Å². The number of carbonyl (C=O) groups excluding carboxylic acids is 1. The van der Waals surface area contributed by atoms with Crippen LogP contribution in [0.1, 0.15) is 51.5 Å². The second-order valence-corrected chi connectivity index (χ2v) is 8.70. The number of benzene rings is 1. The van der Waals surface area contributed by atoms with Crippen molar-refractivity contribution in [3.8, 4) is 5.75 Å². The average Bonchev–Trinajstić information content (AvgIpc) is 2.82. The second-order valence-electron chi connectivity index (χ2n) is 8.70. The van der Waals surface area contributed by atoms with Crippen LogP contribution in [0, 0.1) is 20.8 Å². The summed E-state index contributed by atoms with van der Waals surface area (Å²) in [5.41, 5.74) is 2.38. The molecule has 1 N–H and O–H groups in total. The maximum Gasteiger partial charge on any atom is 0.339 e. The lowest BCUT2D eigenvalue weighted by atomic mass is 9.71. The number of aliphatic imine (C=N–C) groups is 1. The van der Waals surface area contributed by atoms with Crippen molar-refractivity contribution in [1.29, 1.82) is 0 Å². The molecular formula is C26H26N2O5. The fraction of sp³-hybridized carbons (Fsp3) is 0.308. The summed E-state index contributed by atoms with van der Waals surface area (Å²) in [6.45, 7) is 7.61. The molecule has 170 valence electrons. The van der Waals surface area contributed by atoms with Crippen molar-refractivity contribution in [3.63, 3.8) is 0 Å². The fourth-order valence-electron chi connectivity index (χ4n) is 4.47. The average molecular weight is 447 g/mol. The number of aliphatic carboxylic acids is 1. The molecule has 0 bridgehead atoms. The lowest BCUT2D eigenvalue weighted by Crippen LogP contribution is -2.41. The smallest absolute Gasteiger partial charge is 0.339 e. The highest BCUT2D eigenvalue weighted by Crippen LogP contribution is 2.44. The SMILES string of the molecule is Cc1c(C)c(C2(C(=O)O)C=NC=CC2)c(C)c2c1OC(C)(COC(=O)c1cccnc1)C=C2. The summed E-state index contributed by atoms with van der Waals surface area (Å²) in [7, 11) is 0. The fourth-order valence-corrected chi connectivity index (χ4v) is 4.47. The number of carboxylic acids is 1. The Labute approximate surface area is 192 Å². The molecule has 7 heteroatoms. The molecule has 2 aliphatic heterocycles. The van der Waals surface area contributed by atoms with Crippen molar-refractivity contribution in [2.75, 3.05) is 6.61 Å². The van der Waals surface area contributed by atoms with E-state index in [4.69, 9.17) is 9.47 Å². The molecule has 0 fully saturated rings. The minimum absolute atomic E-state index is 0.0203. The molecule has 0 spiro atoms. The maximum atomic E-state index is 12.4. The van der Waals surface area contributed by atoms with E-state index in [9.17, 15) is 14.7 Å². The van der Waals surface area contributed by atoms with Gasteiger partial charge >= 0.3 is 11.9 Å². The van der Waals surface area contributed by atoms with E-state index in [1.54, 1.807) is 30.6 Å². The van der Waals surface area contributed by atoms with E-state index in [1.165, 1.54) is 12.4 Å². The van der Waals surface area contributed by atoms with Gasteiger partial charge in [0.25, 0.3) is 0 Å². The van der Waals surface area contributed by atoms with Gasteiger partial charge in [0.05, 0.1) is 5.56 Å². The number of nitrogens with zero attached hydrogens (tertiary/aromatic N) is 2. The molecular weight excluding hydrogens is 420 g/mol. The van der Waals surface area contributed by atoms with Gasteiger partial charge in [-0.15, -0.1) is 0 Å². The number of carboxylic acid groups (broad SMARTS) is 1. The molecule has 4 rings (SSSR count). The number of aromatic nitrogens is 1. The van der Waals surface area contributed by atoms with Crippen molar-refractivity contribution in [2.24, 2.45) is 4.99 Å².